The number of nitrogens with one attached hydrogen (secondary N) is 1. The number of rotatable bonds is 5. The normalized spacial score (nSPS) is 14.9. The van der Waals surface area contributed by atoms with Gasteiger partial charge in [0, 0.05) is 28.9 Å². The Morgan fingerprint density at radius 3 is 2.62 bits per heavy atom. The predicted octanol–water partition coefficient (Wildman–Crippen LogP) is 5.06. The fourth-order valence-corrected chi connectivity index (χ4v) is 3.48. The van der Waals surface area contributed by atoms with Crippen molar-refractivity contribution >= 4 is 34.4 Å². The summed E-state index contributed by atoms with van der Waals surface area (Å²) in [7, 11) is 0. The molecular weight excluding hydrogens is 439 g/mol. The second-order valence-corrected chi connectivity index (χ2v) is 7.98. The Morgan fingerprint density at radius 1 is 1.19 bits per heavy atom. The summed E-state index contributed by atoms with van der Waals surface area (Å²) in [5.74, 6) is 0.591. The van der Waals surface area contributed by atoms with E-state index >= 15 is 0 Å². The molecule has 1 aliphatic heterocycles. The van der Waals surface area contributed by atoms with E-state index in [1.165, 1.54) is 14.8 Å². The number of likely N-dealkylation sites (tertiary alicyclic amines) is 1. The number of amides is 1. The van der Waals surface area contributed by atoms with E-state index in [1.54, 1.807) is 0 Å². The van der Waals surface area contributed by atoms with Crippen molar-refractivity contribution in [1.29, 1.82) is 0 Å². The highest BCUT2D eigenvalue weighted by Gasteiger charge is 2.23. The second-order valence-electron chi connectivity index (χ2n) is 6.82. The molecule has 0 unspecified atom stereocenters. The van der Waals surface area contributed by atoms with Crippen LogP contribution in [0.1, 0.15) is 24.0 Å². The van der Waals surface area contributed by atoms with Crippen LogP contribution in [0.15, 0.2) is 48.5 Å². The van der Waals surface area contributed by atoms with Gasteiger partial charge in [0.25, 0.3) is 0 Å². The van der Waals surface area contributed by atoms with E-state index in [0.29, 0.717) is 12.5 Å². The molecule has 1 saturated heterocycles. The maximum absolute atomic E-state index is 12.2. The maximum Gasteiger partial charge on any atom is 0.410 e. The molecule has 1 aliphatic rings. The molecule has 3 rings (SSSR count). The standard InChI is InChI=1S/C21H25IN2O2/c1-16-13-19(7-8-20(16)22)23-14-17-9-11-24(12-10-17)21(25)26-15-18-5-3-2-4-6-18/h2-8,13,17,23H,9-12,14-15H2,1H3. The van der Waals surface area contributed by atoms with Gasteiger partial charge in [-0.15, -0.1) is 0 Å². The first kappa shape index (κ1) is 19.0. The van der Waals surface area contributed by atoms with E-state index in [9.17, 15) is 4.79 Å². The van der Waals surface area contributed by atoms with Gasteiger partial charge in [-0.1, -0.05) is 30.3 Å². The molecule has 5 heteroatoms. The zero-order chi connectivity index (χ0) is 18.4. The fraction of sp³-hybridized carbons (Fsp3) is 0.381. The Kier molecular flexibility index (Phi) is 6.77. The van der Waals surface area contributed by atoms with Gasteiger partial charge in [0.2, 0.25) is 0 Å². The van der Waals surface area contributed by atoms with Gasteiger partial charge in [-0.05, 0) is 77.6 Å². The minimum Gasteiger partial charge on any atom is -0.445 e. The first-order chi connectivity index (χ1) is 12.6. The molecule has 0 radical (unpaired) electrons. The van der Waals surface area contributed by atoms with Gasteiger partial charge in [-0.2, -0.15) is 0 Å². The van der Waals surface area contributed by atoms with Crippen LogP contribution < -0.4 is 5.32 Å². The maximum atomic E-state index is 12.2. The number of carbonyl (C=O) groups excluding carboxylic acids is 1. The molecular formula is C21H25IN2O2. The number of halogens is 1. The number of aryl methyl sites for hydroxylation is 1. The van der Waals surface area contributed by atoms with Gasteiger partial charge in [0.1, 0.15) is 6.61 Å². The number of piperidine rings is 1. The summed E-state index contributed by atoms with van der Waals surface area (Å²) in [6.45, 7) is 4.96. The van der Waals surface area contributed by atoms with Gasteiger partial charge >= 0.3 is 6.09 Å². The first-order valence-corrected chi connectivity index (χ1v) is 10.2. The van der Waals surface area contributed by atoms with Crippen molar-refractivity contribution in [3.8, 4) is 0 Å². The molecule has 0 aliphatic carbocycles. The van der Waals surface area contributed by atoms with Crippen LogP contribution in [0.25, 0.3) is 0 Å². The van der Waals surface area contributed by atoms with Crippen molar-refractivity contribution in [1.82, 2.24) is 4.90 Å². The fourth-order valence-electron chi connectivity index (χ4n) is 3.15. The highest BCUT2D eigenvalue weighted by atomic mass is 127. The Balaban J connectivity index is 1.39. The lowest BCUT2D eigenvalue weighted by molar-refractivity contribution is 0.0832. The summed E-state index contributed by atoms with van der Waals surface area (Å²) in [5.41, 5.74) is 3.49. The van der Waals surface area contributed by atoms with Crippen molar-refractivity contribution in [3.63, 3.8) is 0 Å². The van der Waals surface area contributed by atoms with Gasteiger partial charge in [0.15, 0.2) is 0 Å². The van der Waals surface area contributed by atoms with Crippen LogP contribution in [-0.4, -0.2) is 30.6 Å². The van der Waals surface area contributed by atoms with Crippen LogP contribution in [0.3, 0.4) is 0 Å². The summed E-state index contributed by atoms with van der Waals surface area (Å²) >= 11 is 2.35. The first-order valence-electron chi connectivity index (χ1n) is 9.07. The molecule has 1 fully saturated rings. The minimum absolute atomic E-state index is 0.200. The molecule has 1 N–H and O–H groups in total. The molecule has 0 aromatic heterocycles. The second kappa shape index (κ2) is 9.26. The van der Waals surface area contributed by atoms with Gasteiger partial charge < -0.3 is 15.0 Å². The van der Waals surface area contributed by atoms with E-state index in [1.807, 2.05) is 35.2 Å². The summed E-state index contributed by atoms with van der Waals surface area (Å²) in [5, 5.41) is 3.54. The van der Waals surface area contributed by atoms with Crippen molar-refractivity contribution in [2.75, 3.05) is 25.0 Å². The third-order valence-electron chi connectivity index (χ3n) is 4.83. The number of nitrogens with zero attached hydrogens (tertiary/aromatic N) is 1. The van der Waals surface area contributed by atoms with E-state index < -0.39 is 0 Å². The van der Waals surface area contributed by atoms with Crippen LogP contribution in [0.4, 0.5) is 10.5 Å². The number of anilines is 1. The Hall–Kier alpha value is -1.76. The molecule has 2 aromatic rings. The minimum atomic E-state index is -0.200. The van der Waals surface area contributed by atoms with E-state index in [4.69, 9.17) is 4.74 Å². The number of ether oxygens (including phenoxy) is 1. The summed E-state index contributed by atoms with van der Waals surface area (Å²) in [4.78, 5) is 14.0. The van der Waals surface area contributed by atoms with E-state index in [-0.39, 0.29) is 6.09 Å². The highest BCUT2D eigenvalue weighted by Crippen LogP contribution is 2.21. The summed E-state index contributed by atoms with van der Waals surface area (Å²) in [6.07, 6.45) is 1.82. The molecule has 1 amide bonds. The number of hydrogen-bond donors (Lipinski definition) is 1. The quantitative estimate of drug-likeness (QED) is 0.630. The van der Waals surface area contributed by atoms with Crippen LogP contribution >= 0.6 is 22.6 Å². The molecule has 0 atom stereocenters. The van der Waals surface area contributed by atoms with Crippen molar-refractivity contribution < 1.29 is 9.53 Å². The monoisotopic (exact) mass is 464 g/mol. The Bertz CT molecular complexity index is 728. The zero-order valence-electron chi connectivity index (χ0n) is 15.1. The molecule has 138 valence electrons. The van der Waals surface area contributed by atoms with Crippen LogP contribution in [0.2, 0.25) is 0 Å². The summed E-state index contributed by atoms with van der Waals surface area (Å²) < 4.78 is 6.71. The molecule has 4 nitrogen and oxygen atoms in total. The highest BCUT2D eigenvalue weighted by molar-refractivity contribution is 14.1. The number of hydrogen-bond acceptors (Lipinski definition) is 3. The predicted molar refractivity (Wildman–Crippen MR) is 113 cm³/mol. The van der Waals surface area contributed by atoms with Crippen molar-refractivity contribution in [3.05, 3.63) is 63.2 Å². The van der Waals surface area contributed by atoms with Gasteiger partial charge in [-0.3, -0.25) is 0 Å². The topological polar surface area (TPSA) is 41.6 Å². The third kappa shape index (κ3) is 5.37. The van der Waals surface area contributed by atoms with E-state index in [0.717, 1.165) is 38.0 Å². The van der Waals surface area contributed by atoms with Crippen LogP contribution in [0, 0.1) is 16.4 Å². The van der Waals surface area contributed by atoms with Crippen LogP contribution in [-0.2, 0) is 11.3 Å². The smallest absolute Gasteiger partial charge is 0.410 e. The molecule has 1 heterocycles. The number of benzene rings is 2. The zero-order valence-corrected chi connectivity index (χ0v) is 17.2. The molecule has 26 heavy (non-hydrogen) atoms. The molecule has 0 spiro atoms. The van der Waals surface area contributed by atoms with Crippen molar-refractivity contribution in [2.24, 2.45) is 5.92 Å². The Morgan fingerprint density at radius 2 is 1.92 bits per heavy atom. The lowest BCUT2D eigenvalue weighted by Gasteiger charge is -2.31. The third-order valence-corrected chi connectivity index (χ3v) is 6.04. The summed E-state index contributed by atoms with van der Waals surface area (Å²) in [6, 6.07) is 16.3. The molecule has 0 bridgehead atoms. The molecule has 0 saturated carbocycles. The average Bonchev–Trinajstić information content (AvgIpc) is 2.68. The lowest BCUT2D eigenvalue weighted by Crippen LogP contribution is -2.40. The van der Waals surface area contributed by atoms with E-state index in [2.05, 4.69) is 53.0 Å². The van der Waals surface area contributed by atoms with Gasteiger partial charge in [0.05, 0.1) is 0 Å². The molecule has 2 aromatic carbocycles. The van der Waals surface area contributed by atoms with Crippen LogP contribution in [0.5, 0.6) is 0 Å². The SMILES string of the molecule is Cc1cc(NCC2CCN(C(=O)OCc3ccccc3)CC2)ccc1I. The average molecular weight is 464 g/mol. The lowest BCUT2D eigenvalue weighted by atomic mass is 9.97. The van der Waals surface area contributed by atoms with Crippen molar-refractivity contribution in [2.45, 2.75) is 26.4 Å². The largest absolute Gasteiger partial charge is 0.445 e. The number of carbonyl (C=O) groups is 1. The van der Waals surface area contributed by atoms with Gasteiger partial charge in [-0.25, -0.2) is 4.79 Å². The Labute approximate surface area is 169 Å².